The Hall–Kier alpha value is -1.49. The molecule has 21 heavy (non-hydrogen) atoms. The summed E-state index contributed by atoms with van der Waals surface area (Å²) in [5, 5.41) is 0.567. The van der Waals surface area contributed by atoms with Gasteiger partial charge in [-0.2, -0.15) is 11.8 Å². The van der Waals surface area contributed by atoms with E-state index in [1.165, 1.54) is 12.8 Å². The van der Waals surface area contributed by atoms with Gasteiger partial charge in [-0.15, -0.1) is 0 Å². The Morgan fingerprint density at radius 2 is 2.24 bits per heavy atom. The molecule has 0 bridgehead atoms. The molecule has 1 fully saturated rings. The molecule has 1 aromatic carbocycles. The predicted octanol–water partition coefficient (Wildman–Crippen LogP) is 2.93. The van der Waals surface area contributed by atoms with Gasteiger partial charge in [-0.25, -0.2) is 4.98 Å². The van der Waals surface area contributed by atoms with Crippen molar-refractivity contribution >= 4 is 28.7 Å². The highest BCUT2D eigenvalue weighted by Gasteiger charge is 2.32. The van der Waals surface area contributed by atoms with Crippen molar-refractivity contribution < 1.29 is 4.79 Å². The van der Waals surface area contributed by atoms with Gasteiger partial charge in [0.15, 0.2) is 0 Å². The Morgan fingerprint density at radius 1 is 1.43 bits per heavy atom. The van der Waals surface area contributed by atoms with Crippen LogP contribution in [0.2, 0.25) is 0 Å². The fourth-order valence-corrected chi connectivity index (χ4v) is 4.28. The van der Waals surface area contributed by atoms with Crippen LogP contribution in [0.1, 0.15) is 29.6 Å². The summed E-state index contributed by atoms with van der Waals surface area (Å²) in [6.45, 7) is 0. The van der Waals surface area contributed by atoms with E-state index in [4.69, 9.17) is 0 Å². The van der Waals surface area contributed by atoms with Crippen LogP contribution in [-0.2, 0) is 7.05 Å². The normalized spacial score (nSPS) is 21.9. The summed E-state index contributed by atoms with van der Waals surface area (Å²) < 4.78 is 1.97. The summed E-state index contributed by atoms with van der Waals surface area (Å²) in [6.07, 6.45) is 7.46. The zero-order chi connectivity index (χ0) is 15.0. The van der Waals surface area contributed by atoms with E-state index in [0.717, 1.165) is 23.0 Å². The van der Waals surface area contributed by atoms with Gasteiger partial charge in [0.1, 0.15) is 0 Å². The molecular weight excluding hydrogens is 282 g/mol. The third kappa shape index (κ3) is 2.55. The molecule has 1 aliphatic rings. The molecule has 2 aromatic rings. The van der Waals surface area contributed by atoms with Gasteiger partial charge in [-0.1, -0.05) is 6.42 Å². The Kier molecular flexibility index (Phi) is 3.93. The summed E-state index contributed by atoms with van der Waals surface area (Å²) in [6, 6.07) is 6.14. The van der Waals surface area contributed by atoms with Crippen molar-refractivity contribution in [2.75, 3.05) is 13.3 Å². The largest absolute Gasteiger partial charge is 0.338 e. The molecule has 5 heteroatoms. The maximum absolute atomic E-state index is 12.7. The van der Waals surface area contributed by atoms with Crippen molar-refractivity contribution in [3.63, 3.8) is 0 Å². The number of rotatable bonds is 3. The van der Waals surface area contributed by atoms with Gasteiger partial charge in [0.25, 0.3) is 5.91 Å². The average molecular weight is 303 g/mol. The van der Waals surface area contributed by atoms with Gasteiger partial charge >= 0.3 is 0 Å². The average Bonchev–Trinajstić information content (AvgIpc) is 3.12. The number of hydrogen-bond donors (Lipinski definition) is 0. The molecule has 2 unspecified atom stereocenters. The molecule has 112 valence electrons. The quantitative estimate of drug-likeness (QED) is 0.875. The Morgan fingerprint density at radius 3 is 3.00 bits per heavy atom. The number of carbonyl (C=O) groups excluding carboxylic acids is 1. The first-order valence-corrected chi connectivity index (χ1v) is 8.61. The maximum atomic E-state index is 12.7. The number of aromatic nitrogens is 2. The molecule has 2 atom stereocenters. The molecule has 0 N–H and O–H groups in total. The van der Waals surface area contributed by atoms with E-state index in [0.29, 0.717) is 11.3 Å². The lowest BCUT2D eigenvalue weighted by Crippen LogP contribution is -2.40. The van der Waals surface area contributed by atoms with E-state index in [9.17, 15) is 4.79 Å². The number of hydrogen-bond acceptors (Lipinski definition) is 3. The third-order valence-electron chi connectivity index (χ3n) is 4.51. The zero-order valence-corrected chi connectivity index (χ0v) is 13.6. The standard InChI is InChI=1S/C16H21N3OS/c1-18-10-17-12-9-11(7-8-13(12)18)16(20)19(2)14-5-4-6-15(14)21-3/h7-10,14-15H,4-6H2,1-3H3. The van der Waals surface area contributed by atoms with Crippen LogP contribution in [0.3, 0.4) is 0 Å². The van der Waals surface area contributed by atoms with Gasteiger partial charge < -0.3 is 9.47 Å². The molecule has 0 aliphatic heterocycles. The van der Waals surface area contributed by atoms with E-state index < -0.39 is 0 Å². The number of aryl methyl sites for hydroxylation is 1. The topological polar surface area (TPSA) is 38.1 Å². The molecule has 1 aromatic heterocycles. The van der Waals surface area contributed by atoms with Gasteiger partial charge in [-0.05, 0) is 37.3 Å². The highest BCUT2D eigenvalue weighted by Crippen LogP contribution is 2.32. The van der Waals surface area contributed by atoms with Crippen LogP contribution in [0.5, 0.6) is 0 Å². The molecule has 1 saturated carbocycles. The Labute approximate surface area is 129 Å². The summed E-state index contributed by atoms with van der Waals surface area (Å²) in [5.74, 6) is 0.105. The van der Waals surface area contributed by atoms with Crippen LogP contribution in [0.25, 0.3) is 11.0 Å². The monoisotopic (exact) mass is 303 g/mol. The highest BCUT2D eigenvalue weighted by atomic mass is 32.2. The number of imidazole rings is 1. The highest BCUT2D eigenvalue weighted by molar-refractivity contribution is 7.99. The second-order valence-electron chi connectivity index (χ2n) is 5.75. The van der Waals surface area contributed by atoms with Gasteiger partial charge in [0.2, 0.25) is 0 Å². The summed E-state index contributed by atoms with van der Waals surface area (Å²) >= 11 is 1.88. The van der Waals surface area contributed by atoms with Crippen molar-refractivity contribution in [2.45, 2.75) is 30.6 Å². The van der Waals surface area contributed by atoms with Crippen molar-refractivity contribution in [2.24, 2.45) is 7.05 Å². The van der Waals surface area contributed by atoms with Crippen molar-refractivity contribution in [3.05, 3.63) is 30.1 Å². The minimum Gasteiger partial charge on any atom is -0.338 e. The molecule has 0 saturated heterocycles. The lowest BCUT2D eigenvalue weighted by molar-refractivity contribution is 0.0738. The molecule has 1 heterocycles. The number of amides is 1. The predicted molar refractivity (Wildman–Crippen MR) is 87.7 cm³/mol. The number of thioether (sulfide) groups is 1. The molecular formula is C16H21N3OS. The van der Waals surface area contributed by atoms with Crippen LogP contribution in [0.15, 0.2) is 24.5 Å². The van der Waals surface area contributed by atoms with E-state index in [-0.39, 0.29) is 5.91 Å². The molecule has 3 rings (SSSR count). The van der Waals surface area contributed by atoms with Crippen molar-refractivity contribution in [3.8, 4) is 0 Å². The van der Waals surface area contributed by atoms with Crippen LogP contribution in [-0.4, -0.2) is 45.0 Å². The first kappa shape index (κ1) is 14.4. The Bertz CT molecular complexity index is 667. The van der Waals surface area contributed by atoms with Gasteiger partial charge in [0.05, 0.1) is 17.4 Å². The van der Waals surface area contributed by atoms with E-state index >= 15 is 0 Å². The van der Waals surface area contributed by atoms with Crippen molar-refractivity contribution in [1.29, 1.82) is 0 Å². The second kappa shape index (κ2) is 5.72. The third-order valence-corrected chi connectivity index (χ3v) is 5.67. The lowest BCUT2D eigenvalue weighted by atomic mass is 10.1. The van der Waals surface area contributed by atoms with Crippen LogP contribution in [0, 0.1) is 0 Å². The van der Waals surface area contributed by atoms with Crippen molar-refractivity contribution in [1.82, 2.24) is 14.5 Å². The Balaban J connectivity index is 1.85. The van der Waals surface area contributed by atoms with Crippen LogP contribution < -0.4 is 0 Å². The first-order valence-electron chi connectivity index (χ1n) is 7.33. The summed E-state index contributed by atoms with van der Waals surface area (Å²) in [5.41, 5.74) is 2.66. The van der Waals surface area contributed by atoms with E-state index in [2.05, 4.69) is 11.2 Å². The molecule has 0 spiro atoms. The van der Waals surface area contributed by atoms with E-state index in [1.54, 1.807) is 6.33 Å². The number of nitrogens with zero attached hydrogens (tertiary/aromatic N) is 3. The molecule has 1 aliphatic carbocycles. The first-order chi connectivity index (χ1) is 10.1. The van der Waals surface area contributed by atoms with Gasteiger partial charge in [-0.3, -0.25) is 4.79 Å². The maximum Gasteiger partial charge on any atom is 0.253 e. The molecule has 1 amide bonds. The lowest BCUT2D eigenvalue weighted by Gasteiger charge is -2.29. The molecule has 0 radical (unpaired) electrons. The second-order valence-corrected chi connectivity index (χ2v) is 6.82. The minimum absolute atomic E-state index is 0.105. The zero-order valence-electron chi connectivity index (χ0n) is 12.7. The van der Waals surface area contributed by atoms with E-state index in [1.807, 2.05) is 53.5 Å². The smallest absolute Gasteiger partial charge is 0.253 e. The number of carbonyl (C=O) groups is 1. The SMILES string of the molecule is CSC1CCCC1N(C)C(=O)c1ccc2c(c1)ncn2C. The fraction of sp³-hybridized carbons (Fsp3) is 0.500. The van der Waals surface area contributed by atoms with Crippen LogP contribution >= 0.6 is 11.8 Å². The molecule has 4 nitrogen and oxygen atoms in total. The summed E-state index contributed by atoms with van der Waals surface area (Å²) in [7, 11) is 3.90. The van der Waals surface area contributed by atoms with Crippen LogP contribution in [0.4, 0.5) is 0 Å². The minimum atomic E-state index is 0.105. The van der Waals surface area contributed by atoms with Gasteiger partial charge in [0, 0.05) is 31.0 Å². The fourth-order valence-electron chi connectivity index (χ4n) is 3.25. The number of fused-ring (bicyclic) bond motifs is 1. The number of benzene rings is 1. The summed E-state index contributed by atoms with van der Waals surface area (Å²) in [4.78, 5) is 19.0.